The van der Waals surface area contributed by atoms with Gasteiger partial charge in [-0.25, -0.2) is 9.48 Å². The summed E-state index contributed by atoms with van der Waals surface area (Å²) in [6.07, 6.45) is 1.55. The molecule has 0 aliphatic heterocycles. The van der Waals surface area contributed by atoms with E-state index in [2.05, 4.69) is 10.4 Å². The van der Waals surface area contributed by atoms with E-state index in [1.807, 2.05) is 36.4 Å². The lowest BCUT2D eigenvalue weighted by Gasteiger charge is -2.05. The van der Waals surface area contributed by atoms with Gasteiger partial charge in [0.25, 0.3) is 5.91 Å². The molecule has 3 rings (SSSR count). The number of benzene rings is 1. The monoisotopic (exact) mass is 382 g/mol. The summed E-state index contributed by atoms with van der Waals surface area (Å²) < 4.78 is 11.7. The molecule has 0 atom stereocenters. The Bertz CT molecular complexity index is 1000. The highest BCUT2D eigenvalue weighted by atomic mass is 32.1. The van der Waals surface area contributed by atoms with Crippen LogP contribution in [0.1, 0.15) is 16.1 Å². The number of carbonyl (C=O) groups excluding carboxylic acids is 2. The maximum absolute atomic E-state index is 12.3. The Kier molecular flexibility index (Phi) is 5.49. The van der Waals surface area contributed by atoms with E-state index in [9.17, 15) is 9.59 Å². The molecular weight excluding hydrogens is 368 g/mol. The average molecular weight is 382 g/mol. The summed E-state index contributed by atoms with van der Waals surface area (Å²) in [6.45, 7) is -0.511. The Morgan fingerprint density at radius 3 is 2.78 bits per heavy atom. The summed E-state index contributed by atoms with van der Waals surface area (Å²) in [4.78, 5) is 24.2. The van der Waals surface area contributed by atoms with Crippen LogP contribution in [0.3, 0.4) is 0 Å². The van der Waals surface area contributed by atoms with Crippen LogP contribution < -0.4 is 10.1 Å². The molecule has 0 radical (unpaired) electrons. The minimum absolute atomic E-state index is 0.0389. The van der Waals surface area contributed by atoms with Crippen molar-refractivity contribution in [1.29, 1.82) is 5.26 Å². The lowest BCUT2D eigenvalue weighted by molar-refractivity contribution is -0.119. The van der Waals surface area contributed by atoms with Crippen molar-refractivity contribution in [1.82, 2.24) is 9.78 Å². The van der Waals surface area contributed by atoms with E-state index in [4.69, 9.17) is 14.7 Å². The first kappa shape index (κ1) is 18.2. The number of methoxy groups -OCH3 is 1. The Morgan fingerprint density at radius 2 is 2.07 bits per heavy atom. The molecule has 1 aromatic carbocycles. The molecule has 27 heavy (non-hydrogen) atoms. The van der Waals surface area contributed by atoms with Gasteiger partial charge in [-0.05, 0) is 23.6 Å². The molecule has 3 aromatic rings. The predicted octanol–water partition coefficient (Wildman–Crippen LogP) is 2.61. The lowest BCUT2D eigenvalue weighted by Crippen LogP contribution is -2.21. The number of amides is 1. The highest BCUT2D eigenvalue weighted by Crippen LogP contribution is 2.22. The van der Waals surface area contributed by atoms with Crippen molar-refractivity contribution in [3.05, 3.63) is 59.2 Å². The summed E-state index contributed by atoms with van der Waals surface area (Å²) >= 11 is 1.21. The van der Waals surface area contributed by atoms with Crippen molar-refractivity contribution >= 4 is 28.2 Å². The molecule has 0 bridgehead atoms. The Balaban J connectivity index is 1.66. The quantitative estimate of drug-likeness (QED) is 0.657. The molecule has 9 heteroatoms. The van der Waals surface area contributed by atoms with E-state index in [0.29, 0.717) is 10.6 Å². The number of thiophene rings is 1. The highest BCUT2D eigenvalue weighted by Gasteiger charge is 2.21. The number of carbonyl (C=O) groups is 2. The normalized spacial score (nSPS) is 10.1. The fourth-order valence-electron chi connectivity index (χ4n) is 2.22. The summed E-state index contributed by atoms with van der Waals surface area (Å²) in [6, 6.07) is 12.7. The molecule has 1 N–H and O–H groups in total. The fourth-order valence-corrected chi connectivity index (χ4v) is 2.97. The van der Waals surface area contributed by atoms with Gasteiger partial charge in [-0.1, -0.05) is 18.2 Å². The standard InChI is InChI=1S/C18H14N4O4S/c1-25-14-10-22(13-5-3-2-4-6-13)21-16(14)18(24)26-11-15(23)20-17-12(9-19)7-8-27-17/h2-8,10H,11H2,1H3,(H,20,23). The number of hydrogen-bond donors (Lipinski definition) is 1. The zero-order chi connectivity index (χ0) is 19.2. The SMILES string of the molecule is COc1cn(-c2ccccc2)nc1C(=O)OCC(=O)Nc1sccc1C#N. The largest absolute Gasteiger partial charge is 0.493 e. The maximum Gasteiger partial charge on any atom is 0.363 e. The third kappa shape index (κ3) is 4.13. The van der Waals surface area contributed by atoms with Gasteiger partial charge in [0.15, 0.2) is 12.4 Å². The van der Waals surface area contributed by atoms with Gasteiger partial charge in [0.2, 0.25) is 5.69 Å². The molecule has 2 heterocycles. The first-order valence-corrected chi connectivity index (χ1v) is 8.64. The smallest absolute Gasteiger partial charge is 0.363 e. The summed E-state index contributed by atoms with van der Waals surface area (Å²) in [5, 5.41) is 17.7. The second-order valence-electron chi connectivity index (χ2n) is 5.23. The molecule has 2 aromatic heterocycles. The first-order chi connectivity index (χ1) is 13.1. The number of hydrogen-bond acceptors (Lipinski definition) is 7. The van der Waals surface area contributed by atoms with Gasteiger partial charge < -0.3 is 14.8 Å². The van der Waals surface area contributed by atoms with Crippen molar-refractivity contribution in [2.24, 2.45) is 0 Å². The van der Waals surface area contributed by atoms with Crippen LogP contribution in [-0.4, -0.2) is 35.4 Å². The zero-order valence-corrected chi connectivity index (χ0v) is 15.0. The van der Waals surface area contributed by atoms with Gasteiger partial charge >= 0.3 is 5.97 Å². The number of nitrogens with one attached hydrogen (secondary N) is 1. The first-order valence-electron chi connectivity index (χ1n) is 7.76. The van der Waals surface area contributed by atoms with Crippen molar-refractivity contribution in [2.45, 2.75) is 0 Å². The Morgan fingerprint density at radius 1 is 1.30 bits per heavy atom. The van der Waals surface area contributed by atoms with E-state index in [1.54, 1.807) is 17.6 Å². The van der Waals surface area contributed by atoms with Crippen molar-refractivity contribution < 1.29 is 19.1 Å². The number of para-hydroxylation sites is 1. The molecule has 0 unspecified atom stereocenters. The number of nitriles is 1. The van der Waals surface area contributed by atoms with Crippen molar-refractivity contribution in [3.8, 4) is 17.5 Å². The van der Waals surface area contributed by atoms with Gasteiger partial charge in [-0.2, -0.15) is 10.4 Å². The molecule has 0 spiro atoms. The zero-order valence-electron chi connectivity index (χ0n) is 14.2. The van der Waals surface area contributed by atoms with Gasteiger partial charge in [-0.3, -0.25) is 4.79 Å². The molecule has 0 saturated heterocycles. The van der Waals surface area contributed by atoms with Gasteiger partial charge in [0.05, 0.1) is 24.6 Å². The number of anilines is 1. The van der Waals surface area contributed by atoms with Gasteiger partial charge in [-0.15, -0.1) is 11.3 Å². The van der Waals surface area contributed by atoms with E-state index in [0.717, 1.165) is 5.69 Å². The minimum atomic E-state index is -0.789. The van der Waals surface area contributed by atoms with E-state index in [-0.39, 0.29) is 11.4 Å². The Hall–Kier alpha value is -3.64. The number of ether oxygens (including phenoxy) is 2. The fraction of sp³-hybridized carbons (Fsp3) is 0.111. The topological polar surface area (TPSA) is 106 Å². The van der Waals surface area contributed by atoms with Crippen molar-refractivity contribution in [2.75, 3.05) is 19.0 Å². The number of esters is 1. The number of rotatable bonds is 6. The van der Waals surface area contributed by atoms with Crippen LogP contribution in [0.4, 0.5) is 5.00 Å². The van der Waals surface area contributed by atoms with Gasteiger partial charge in [0.1, 0.15) is 11.1 Å². The molecule has 0 aliphatic carbocycles. The van der Waals surface area contributed by atoms with Crippen LogP contribution in [0.15, 0.2) is 48.0 Å². The molecule has 136 valence electrons. The second kappa shape index (κ2) is 8.16. The predicted molar refractivity (Wildman–Crippen MR) is 98.1 cm³/mol. The van der Waals surface area contributed by atoms with E-state index < -0.39 is 18.5 Å². The summed E-state index contributed by atoms with van der Waals surface area (Å²) in [5.74, 6) is -1.11. The van der Waals surface area contributed by atoms with Crippen LogP contribution in [0.25, 0.3) is 5.69 Å². The molecule has 1 amide bonds. The molecular formula is C18H14N4O4S. The maximum atomic E-state index is 12.3. The third-order valence-corrected chi connectivity index (χ3v) is 4.32. The third-order valence-electron chi connectivity index (χ3n) is 3.49. The van der Waals surface area contributed by atoms with Crippen LogP contribution in [0, 0.1) is 11.3 Å². The molecule has 8 nitrogen and oxygen atoms in total. The lowest BCUT2D eigenvalue weighted by atomic mass is 10.3. The van der Waals surface area contributed by atoms with E-state index in [1.165, 1.54) is 23.1 Å². The Labute approximate surface area is 158 Å². The summed E-state index contributed by atoms with van der Waals surface area (Å²) in [5.41, 5.74) is 1.06. The second-order valence-corrected chi connectivity index (χ2v) is 6.14. The molecule has 0 fully saturated rings. The van der Waals surface area contributed by atoms with Gasteiger partial charge in [0, 0.05) is 0 Å². The average Bonchev–Trinajstić information content (AvgIpc) is 3.33. The van der Waals surface area contributed by atoms with Crippen LogP contribution in [0.2, 0.25) is 0 Å². The van der Waals surface area contributed by atoms with Crippen LogP contribution >= 0.6 is 11.3 Å². The minimum Gasteiger partial charge on any atom is -0.493 e. The van der Waals surface area contributed by atoms with E-state index >= 15 is 0 Å². The van der Waals surface area contributed by atoms with Crippen LogP contribution in [0.5, 0.6) is 5.75 Å². The number of aromatic nitrogens is 2. The highest BCUT2D eigenvalue weighted by molar-refractivity contribution is 7.14. The van der Waals surface area contributed by atoms with Crippen molar-refractivity contribution in [3.63, 3.8) is 0 Å². The molecule has 0 aliphatic rings. The summed E-state index contributed by atoms with van der Waals surface area (Å²) in [7, 11) is 1.41. The van der Waals surface area contributed by atoms with Crippen LogP contribution in [-0.2, 0) is 9.53 Å². The molecule has 0 saturated carbocycles. The number of nitrogens with zero attached hydrogens (tertiary/aromatic N) is 3.